The van der Waals surface area contributed by atoms with Gasteiger partial charge in [-0.25, -0.2) is 0 Å². The Kier molecular flexibility index (Phi) is 9.79. The van der Waals surface area contributed by atoms with Gasteiger partial charge in [0.1, 0.15) is 23.5 Å². The van der Waals surface area contributed by atoms with Gasteiger partial charge in [0.25, 0.3) is 0 Å². The van der Waals surface area contributed by atoms with Gasteiger partial charge in [-0.2, -0.15) is 0 Å². The van der Waals surface area contributed by atoms with E-state index in [1.54, 1.807) is 18.3 Å². The molecular formula is C20H19Cl4NO3. The smallest absolute Gasteiger partial charge is 0.156 e. The molecule has 0 aliphatic carbocycles. The van der Waals surface area contributed by atoms with Crippen LogP contribution in [0.2, 0.25) is 10.0 Å². The third-order valence-corrected chi connectivity index (χ3v) is 4.35. The van der Waals surface area contributed by atoms with Crippen LogP contribution in [0.1, 0.15) is 18.1 Å². The Labute approximate surface area is 184 Å². The van der Waals surface area contributed by atoms with Crippen LogP contribution in [0.25, 0.3) is 0 Å². The van der Waals surface area contributed by atoms with E-state index in [9.17, 15) is 0 Å². The summed E-state index contributed by atoms with van der Waals surface area (Å²) in [7, 11) is 0. The van der Waals surface area contributed by atoms with E-state index in [0.717, 1.165) is 11.1 Å². The highest BCUT2D eigenvalue weighted by molar-refractivity contribution is 6.55. The molecule has 8 heteroatoms. The van der Waals surface area contributed by atoms with E-state index < -0.39 is 0 Å². The Bertz CT molecular complexity index is 796. The van der Waals surface area contributed by atoms with Crippen LogP contribution < -0.4 is 9.47 Å². The Balaban J connectivity index is 1.89. The highest BCUT2D eigenvalue weighted by atomic mass is 35.5. The fraction of sp³-hybridized carbons (Fsp3) is 0.250. The highest BCUT2D eigenvalue weighted by Gasteiger charge is 2.11. The predicted molar refractivity (Wildman–Crippen MR) is 117 cm³/mol. The van der Waals surface area contributed by atoms with Gasteiger partial charge in [0, 0.05) is 18.6 Å². The van der Waals surface area contributed by atoms with Gasteiger partial charge < -0.3 is 14.3 Å². The minimum Gasteiger partial charge on any atom is -0.490 e. The molecule has 0 aromatic heterocycles. The Morgan fingerprint density at radius 3 is 2.32 bits per heavy atom. The van der Waals surface area contributed by atoms with Crippen molar-refractivity contribution in [2.75, 3.05) is 19.8 Å². The number of benzene rings is 2. The van der Waals surface area contributed by atoms with E-state index >= 15 is 0 Å². The predicted octanol–water partition coefficient (Wildman–Crippen LogP) is 6.68. The van der Waals surface area contributed by atoms with Crippen LogP contribution in [0.4, 0.5) is 0 Å². The molecule has 0 saturated heterocycles. The molecule has 0 amide bonds. The molecule has 4 nitrogen and oxygen atoms in total. The molecule has 0 aliphatic rings. The lowest BCUT2D eigenvalue weighted by Crippen LogP contribution is -2.03. The van der Waals surface area contributed by atoms with Gasteiger partial charge in [0.15, 0.2) is 5.75 Å². The summed E-state index contributed by atoms with van der Waals surface area (Å²) in [5.74, 6) is 0.916. The molecule has 0 atom stereocenters. The van der Waals surface area contributed by atoms with Crippen LogP contribution >= 0.6 is 46.4 Å². The van der Waals surface area contributed by atoms with E-state index in [-0.39, 0.29) is 11.1 Å². The van der Waals surface area contributed by atoms with Gasteiger partial charge in [0.05, 0.1) is 22.9 Å². The zero-order valence-electron chi connectivity index (χ0n) is 15.1. The standard InChI is InChI=1S/C20H19Cl4NO3/c1-2-28-25-13-15-5-3-14(4-6-15)7-9-27-20-17(21)11-16(12-18(20)22)26-10-8-19(23)24/h3-6,8,11-13H,2,7,9-10H2,1H3/b25-13+. The summed E-state index contributed by atoms with van der Waals surface area (Å²) in [6.45, 7) is 3.06. The maximum Gasteiger partial charge on any atom is 0.156 e. The van der Waals surface area contributed by atoms with Crippen molar-refractivity contribution in [2.45, 2.75) is 13.3 Å². The van der Waals surface area contributed by atoms with E-state index in [0.29, 0.717) is 41.2 Å². The van der Waals surface area contributed by atoms with Crippen LogP contribution in [0.5, 0.6) is 11.5 Å². The number of halogens is 4. The molecule has 28 heavy (non-hydrogen) atoms. The monoisotopic (exact) mass is 461 g/mol. The lowest BCUT2D eigenvalue weighted by molar-refractivity contribution is 0.160. The topological polar surface area (TPSA) is 40.0 Å². The van der Waals surface area contributed by atoms with Crippen molar-refractivity contribution in [1.82, 2.24) is 0 Å². The quantitative estimate of drug-likeness (QED) is 0.292. The van der Waals surface area contributed by atoms with Crippen LogP contribution in [0.3, 0.4) is 0 Å². The fourth-order valence-corrected chi connectivity index (χ4v) is 2.87. The largest absolute Gasteiger partial charge is 0.490 e. The van der Waals surface area contributed by atoms with Crippen LogP contribution in [-0.2, 0) is 11.3 Å². The molecule has 2 aromatic rings. The zero-order chi connectivity index (χ0) is 20.4. The minimum absolute atomic E-state index is 0.131. The van der Waals surface area contributed by atoms with E-state index in [1.807, 2.05) is 31.2 Å². The molecule has 0 N–H and O–H groups in total. The van der Waals surface area contributed by atoms with Gasteiger partial charge >= 0.3 is 0 Å². The number of oxime groups is 1. The Hall–Kier alpha value is -1.59. The summed E-state index contributed by atoms with van der Waals surface area (Å²) < 4.78 is 11.4. The molecule has 0 aliphatic heterocycles. The lowest BCUT2D eigenvalue weighted by Gasteiger charge is -2.12. The third-order valence-electron chi connectivity index (χ3n) is 3.48. The maximum atomic E-state index is 6.26. The molecule has 0 unspecified atom stereocenters. The number of hydrogen-bond donors (Lipinski definition) is 0. The van der Waals surface area contributed by atoms with Crippen molar-refractivity contribution >= 4 is 52.6 Å². The van der Waals surface area contributed by atoms with Crippen molar-refractivity contribution in [1.29, 1.82) is 0 Å². The molecule has 0 bridgehead atoms. The molecular weight excluding hydrogens is 444 g/mol. The molecule has 0 heterocycles. The van der Waals surface area contributed by atoms with Gasteiger partial charge in [-0.1, -0.05) is 75.8 Å². The van der Waals surface area contributed by atoms with Crippen molar-refractivity contribution in [3.8, 4) is 11.5 Å². The average Bonchev–Trinajstić information content (AvgIpc) is 2.65. The summed E-state index contributed by atoms with van der Waals surface area (Å²) in [5.41, 5.74) is 2.08. The molecule has 2 rings (SSSR count). The first-order valence-corrected chi connectivity index (χ1v) is 10.0. The summed E-state index contributed by atoms with van der Waals surface area (Å²) in [5, 5.41) is 4.57. The summed E-state index contributed by atoms with van der Waals surface area (Å²) in [6, 6.07) is 11.2. The number of ether oxygens (including phenoxy) is 2. The van der Waals surface area contributed by atoms with E-state index in [4.69, 9.17) is 60.7 Å². The van der Waals surface area contributed by atoms with Gasteiger partial charge in [-0.3, -0.25) is 0 Å². The van der Waals surface area contributed by atoms with E-state index in [2.05, 4.69) is 5.16 Å². The third kappa shape index (κ3) is 7.80. The highest BCUT2D eigenvalue weighted by Crippen LogP contribution is 2.37. The van der Waals surface area contributed by atoms with Crippen LogP contribution in [0, 0.1) is 0 Å². The van der Waals surface area contributed by atoms with Crippen LogP contribution in [-0.4, -0.2) is 26.0 Å². The van der Waals surface area contributed by atoms with Gasteiger partial charge in [0.2, 0.25) is 0 Å². The molecule has 0 radical (unpaired) electrons. The number of nitrogens with zero attached hydrogens (tertiary/aromatic N) is 1. The molecule has 0 saturated carbocycles. The summed E-state index contributed by atoms with van der Waals surface area (Å²) in [6.07, 6.45) is 3.89. The van der Waals surface area contributed by atoms with Crippen molar-refractivity contribution < 1.29 is 14.3 Å². The molecule has 2 aromatic carbocycles. The molecule has 0 spiro atoms. The zero-order valence-corrected chi connectivity index (χ0v) is 18.2. The van der Waals surface area contributed by atoms with Gasteiger partial charge in [-0.15, -0.1) is 0 Å². The maximum absolute atomic E-state index is 6.26. The Morgan fingerprint density at radius 2 is 1.71 bits per heavy atom. The summed E-state index contributed by atoms with van der Waals surface area (Å²) in [4.78, 5) is 4.95. The summed E-state index contributed by atoms with van der Waals surface area (Å²) >= 11 is 23.6. The first-order chi connectivity index (χ1) is 13.5. The van der Waals surface area contributed by atoms with Crippen LogP contribution in [0.15, 0.2) is 52.1 Å². The first-order valence-electron chi connectivity index (χ1n) is 8.49. The number of rotatable bonds is 10. The van der Waals surface area contributed by atoms with Crippen molar-refractivity contribution in [2.24, 2.45) is 5.16 Å². The lowest BCUT2D eigenvalue weighted by atomic mass is 10.1. The second-order valence-corrected chi connectivity index (χ2v) is 7.34. The number of hydrogen-bond acceptors (Lipinski definition) is 4. The molecule has 0 fully saturated rings. The second-order valence-electron chi connectivity index (χ2n) is 5.51. The second kappa shape index (κ2) is 12.1. The van der Waals surface area contributed by atoms with Crippen molar-refractivity contribution in [3.63, 3.8) is 0 Å². The van der Waals surface area contributed by atoms with Crippen molar-refractivity contribution in [3.05, 3.63) is 68.1 Å². The SMILES string of the molecule is CCO/N=C/c1ccc(CCOc2c(Cl)cc(OCC=C(Cl)Cl)cc2Cl)cc1. The normalized spacial score (nSPS) is 10.8. The molecule has 150 valence electrons. The minimum atomic E-state index is 0.131. The first kappa shape index (κ1) is 22.7. The fourth-order valence-electron chi connectivity index (χ4n) is 2.17. The van der Waals surface area contributed by atoms with E-state index in [1.165, 1.54) is 6.08 Å². The Morgan fingerprint density at radius 1 is 1.04 bits per heavy atom. The van der Waals surface area contributed by atoms with Gasteiger partial charge in [-0.05, 0) is 24.1 Å². The average molecular weight is 463 g/mol.